The highest BCUT2D eigenvalue weighted by molar-refractivity contribution is 6.08. The van der Waals surface area contributed by atoms with Crippen LogP contribution in [0.4, 0.5) is 4.79 Å². The van der Waals surface area contributed by atoms with Crippen LogP contribution in [0, 0.1) is 5.41 Å². The molecule has 1 aliphatic heterocycles. The number of amides is 2. The highest BCUT2D eigenvalue weighted by atomic mass is 16.5. The predicted molar refractivity (Wildman–Crippen MR) is 53.5 cm³/mol. The molecule has 1 fully saturated rings. The molecule has 5 heteroatoms. The molecule has 1 rings (SSSR count). The number of hydrogen-bond donors (Lipinski definition) is 2. The molecule has 80 valence electrons. The normalized spacial score (nSPS) is 26.9. The molecule has 1 heterocycles. The zero-order chi connectivity index (χ0) is 10.8. The lowest BCUT2D eigenvalue weighted by molar-refractivity contribution is 0.128. The van der Waals surface area contributed by atoms with Gasteiger partial charge >= 0.3 is 6.03 Å². The molecule has 0 aliphatic carbocycles. The molecule has 0 aromatic carbocycles. The molecule has 1 aliphatic rings. The number of nitrogens with zero attached hydrogens (tertiary/aromatic N) is 1. The Kier molecular flexibility index (Phi) is 3.10. The SMILES string of the molecule is CCC1(C)C(=N)NC(=O)N1CCOC. The summed E-state index contributed by atoms with van der Waals surface area (Å²) < 4.78 is 4.93. The maximum Gasteiger partial charge on any atom is 0.323 e. The van der Waals surface area contributed by atoms with Crippen molar-refractivity contribution in [1.29, 1.82) is 5.41 Å². The molecular formula is C9H17N3O2. The van der Waals surface area contributed by atoms with Crippen LogP contribution < -0.4 is 5.32 Å². The molecule has 5 nitrogen and oxygen atoms in total. The maximum atomic E-state index is 11.5. The zero-order valence-corrected chi connectivity index (χ0v) is 8.89. The number of rotatable bonds is 4. The zero-order valence-electron chi connectivity index (χ0n) is 8.89. The van der Waals surface area contributed by atoms with Gasteiger partial charge in [-0.1, -0.05) is 6.92 Å². The van der Waals surface area contributed by atoms with Crippen molar-refractivity contribution in [2.75, 3.05) is 20.3 Å². The Bertz CT molecular complexity index is 254. The number of methoxy groups -OCH3 is 1. The fraction of sp³-hybridized carbons (Fsp3) is 0.778. The lowest BCUT2D eigenvalue weighted by Crippen LogP contribution is -2.47. The van der Waals surface area contributed by atoms with Gasteiger partial charge in [0.1, 0.15) is 5.84 Å². The minimum absolute atomic E-state index is 0.198. The molecule has 2 N–H and O–H groups in total. The average molecular weight is 199 g/mol. The first kappa shape index (κ1) is 11.0. The summed E-state index contributed by atoms with van der Waals surface area (Å²) in [5.74, 6) is 0.279. The van der Waals surface area contributed by atoms with Crippen LogP contribution in [0.5, 0.6) is 0 Å². The summed E-state index contributed by atoms with van der Waals surface area (Å²) in [6, 6.07) is -0.198. The summed E-state index contributed by atoms with van der Waals surface area (Å²) in [7, 11) is 1.60. The molecule has 1 unspecified atom stereocenters. The number of urea groups is 1. The van der Waals surface area contributed by atoms with E-state index in [0.29, 0.717) is 13.2 Å². The summed E-state index contributed by atoms with van der Waals surface area (Å²) in [6.45, 7) is 4.88. The second-order valence-electron chi connectivity index (χ2n) is 3.58. The van der Waals surface area contributed by atoms with Crippen molar-refractivity contribution in [3.63, 3.8) is 0 Å². The molecule has 0 bridgehead atoms. The second kappa shape index (κ2) is 3.96. The molecule has 1 atom stereocenters. The van der Waals surface area contributed by atoms with Crippen LogP contribution in [0.1, 0.15) is 20.3 Å². The molecule has 2 amide bonds. The standard InChI is InChI=1S/C9H17N3O2/c1-4-9(2)7(10)11-8(13)12(9)5-6-14-3/h4-6H2,1-3H3,(H2,10,11,13). The van der Waals surface area contributed by atoms with Crippen LogP contribution in [0.25, 0.3) is 0 Å². The van der Waals surface area contributed by atoms with Gasteiger partial charge in [0.2, 0.25) is 0 Å². The van der Waals surface area contributed by atoms with Crippen molar-refractivity contribution in [3.05, 3.63) is 0 Å². The maximum absolute atomic E-state index is 11.5. The second-order valence-corrected chi connectivity index (χ2v) is 3.58. The Labute approximate surface area is 83.9 Å². The Morgan fingerprint density at radius 3 is 2.79 bits per heavy atom. The van der Waals surface area contributed by atoms with Crippen molar-refractivity contribution in [1.82, 2.24) is 10.2 Å². The average Bonchev–Trinajstić information content (AvgIpc) is 2.37. The Balaban J connectivity index is 2.78. The predicted octanol–water partition coefficient (Wildman–Crippen LogP) is 0.804. The Hall–Kier alpha value is -1.10. The van der Waals surface area contributed by atoms with E-state index >= 15 is 0 Å². The van der Waals surface area contributed by atoms with Crippen molar-refractivity contribution in [2.45, 2.75) is 25.8 Å². The first-order valence-electron chi connectivity index (χ1n) is 4.73. The van der Waals surface area contributed by atoms with E-state index in [1.165, 1.54) is 0 Å². The topological polar surface area (TPSA) is 65.4 Å². The van der Waals surface area contributed by atoms with Gasteiger partial charge in [-0.15, -0.1) is 0 Å². The molecule has 0 spiro atoms. The fourth-order valence-electron chi connectivity index (χ4n) is 1.57. The minimum atomic E-state index is -0.490. The lowest BCUT2D eigenvalue weighted by Gasteiger charge is -2.31. The highest BCUT2D eigenvalue weighted by Gasteiger charge is 2.44. The van der Waals surface area contributed by atoms with Crippen molar-refractivity contribution in [3.8, 4) is 0 Å². The van der Waals surface area contributed by atoms with E-state index in [-0.39, 0.29) is 11.9 Å². The van der Waals surface area contributed by atoms with E-state index in [0.717, 1.165) is 6.42 Å². The molecule has 0 aromatic rings. The summed E-state index contributed by atoms with van der Waals surface area (Å²) in [6.07, 6.45) is 0.730. The number of nitrogens with one attached hydrogen (secondary N) is 2. The first-order valence-corrected chi connectivity index (χ1v) is 4.73. The smallest absolute Gasteiger partial charge is 0.323 e. The van der Waals surface area contributed by atoms with Gasteiger partial charge in [-0.25, -0.2) is 4.79 Å². The van der Waals surface area contributed by atoms with Crippen LogP contribution >= 0.6 is 0 Å². The summed E-state index contributed by atoms with van der Waals surface area (Å²) in [5.41, 5.74) is -0.490. The quantitative estimate of drug-likeness (QED) is 0.703. The molecular weight excluding hydrogens is 182 g/mol. The van der Waals surface area contributed by atoms with Crippen LogP contribution in [0.15, 0.2) is 0 Å². The molecule has 0 saturated carbocycles. The summed E-state index contributed by atoms with van der Waals surface area (Å²) in [4.78, 5) is 13.1. The molecule has 1 saturated heterocycles. The van der Waals surface area contributed by atoms with Crippen molar-refractivity contribution in [2.24, 2.45) is 0 Å². The monoisotopic (exact) mass is 199 g/mol. The Morgan fingerprint density at radius 2 is 2.29 bits per heavy atom. The van der Waals surface area contributed by atoms with Gasteiger partial charge < -0.3 is 9.64 Å². The van der Waals surface area contributed by atoms with E-state index in [2.05, 4.69) is 5.32 Å². The van der Waals surface area contributed by atoms with E-state index in [1.807, 2.05) is 13.8 Å². The van der Waals surface area contributed by atoms with Gasteiger partial charge in [-0.3, -0.25) is 10.7 Å². The number of hydrogen-bond acceptors (Lipinski definition) is 3. The van der Waals surface area contributed by atoms with Crippen LogP contribution in [0.3, 0.4) is 0 Å². The van der Waals surface area contributed by atoms with E-state index < -0.39 is 5.54 Å². The summed E-state index contributed by atoms with van der Waals surface area (Å²) in [5, 5.41) is 10.2. The largest absolute Gasteiger partial charge is 0.383 e. The number of carbonyl (C=O) groups is 1. The number of ether oxygens (including phenoxy) is 1. The van der Waals surface area contributed by atoms with E-state index in [9.17, 15) is 4.79 Å². The molecule has 0 radical (unpaired) electrons. The van der Waals surface area contributed by atoms with E-state index in [1.54, 1.807) is 12.0 Å². The van der Waals surface area contributed by atoms with E-state index in [4.69, 9.17) is 10.1 Å². The lowest BCUT2D eigenvalue weighted by atomic mass is 9.97. The van der Waals surface area contributed by atoms with Crippen molar-refractivity contribution >= 4 is 11.9 Å². The first-order chi connectivity index (χ1) is 6.56. The van der Waals surface area contributed by atoms with Gasteiger partial charge in [-0.05, 0) is 13.3 Å². The number of carbonyl (C=O) groups excluding carboxylic acids is 1. The van der Waals surface area contributed by atoms with Crippen LogP contribution in [-0.4, -0.2) is 42.6 Å². The third-order valence-corrected chi connectivity index (χ3v) is 2.82. The van der Waals surface area contributed by atoms with Crippen LogP contribution in [0.2, 0.25) is 0 Å². The fourth-order valence-corrected chi connectivity index (χ4v) is 1.57. The van der Waals surface area contributed by atoms with Crippen LogP contribution in [-0.2, 0) is 4.74 Å². The third-order valence-electron chi connectivity index (χ3n) is 2.82. The Morgan fingerprint density at radius 1 is 1.64 bits per heavy atom. The van der Waals surface area contributed by atoms with Crippen molar-refractivity contribution < 1.29 is 9.53 Å². The minimum Gasteiger partial charge on any atom is -0.383 e. The summed E-state index contributed by atoms with van der Waals surface area (Å²) >= 11 is 0. The third kappa shape index (κ3) is 1.59. The molecule has 14 heavy (non-hydrogen) atoms. The molecule has 0 aromatic heterocycles. The van der Waals surface area contributed by atoms with Gasteiger partial charge in [0.05, 0.1) is 12.1 Å². The van der Waals surface area contributed by atoms with Gasteiger partial charge in [0.25, 0.3) is 0 Å². The highest BCUT2D eigenvalue weighted by Crippen LogP contribution is 2.24. The van der Waals surface area contributed by atoms with Gasteiger partial charge in [-0.2, -0.15) is 0 Å². The number of amidine groups is 1. The van der Waals surface area contributed by atoms with Gasteiger partial charge in [0, 0.05) is 13.7 Å². The van der Waals surface area contributed by atoms with Gasteiger partial charge in [0.15, 0.2) is 0 Å².